The van der Waals surface area contributed by atoms with E-state index in [1.165, 1.54) is 11.8 Å². The van der Waals surface area contributed by atoms with E-state index in [2.05, 4.69) is 41.2 Å². The Morgan fingerprint density at radius 2 is 1.91 bits per heavy atom. The van der Waals surface area contributed by atoms with Crippen LogP contribution in [0, 0.1) is 28.1 Å². The predicted octanol–water partition coefficient (Wildman–Crippen LogP) is 6.27. The number of hydrogen-bond acceptors (Lipinski definition) is 5. The molecular weight excluding hydrogens is 486 g/mol. The van der Waals surface area contributed by atoms with Crippen molar-refractivity contribution in [3.63, 3.8) is 0 Å². The van der Waals surface area contributed by atoms with Crippen molar-refractivity contribution in [1.29, 1.82) is 5.26 Å². The Kier molecular flexibility index (Phi) is 6.65. The standard InChI is InChI=1S/C25H28BrN3O2S/c1-24(2)12-19-22(20(30)13-24)25(10-4-3-5-11-25)18(14-27)23(29-19)32-15-21(31)28-17-8-6-16(26)7-9-17/h6-9,22H,3-5,10-13,15H2,1-2H3,(H,28,31). The first kappa shape index (κ1) is 23.3. The van der Waals surface area contributed by atoms with Gasteiger partial charge < -0.3 is 5.32 Å². The highest BCUT2D eigenvalue weighted by Gasteiger charge is 2.55. The van der Waals surface area contributed by atoms with E-state index in [4.69, 9.17) is 4.99 Å². The van der Waals surface area contributed by atoms with Gasteiger partial charge in [-0.05, 0) is 48.9 Å². The maximum Gasteiger partial charge on any atom is 0.234 e. The number of amides is 1. The number of hydrogen-bond donors (Lipinski definition) is 1. The molecule has 1 aromatic rings. The molecule has 1 unspecified atom stereocenters. The Bertz CT molecular complexity index is 1030. The highest BCUT2D eigenvalue weighted by Crippen LogP contribution is 2.56. The van der Waals surface area contributed by atoms with E-state index >= 15 is 0 Å². The zero-order valence-corrected chi connectivity index (χ0v) is 20.9. The second-order valence-corrected chi connectivity index (χ2v) is 11.8. The lowest BCUT2D eigenvalue weighted by Crippen LogP contribution is -2.50. The second kappa shape index (κ2) is 9.15. The number of ketones is 1. The maximum atomic E-state index is 13.3. The van der Waals surface area contributed by atoms with Crippen molar-refractivity contribution in [1.82, 2.24) is 0 Å². The third-order valence-electron chi connectivity index (χ3n) is 6.80. The van der Waals surface area contributed by atoms with E-state index in [0.29, 0.717) is 17.0 Å². The van der Waals surface area contributed by atoms with Crippen LogP contribution in [0.1, 0.15) is 58.8 Å². The van der Waals surface area contributed by atoms with Crippen LogP contribution in [-0.4, -0.2) is 23.2 Å². The van der Waals surface area contributed by atoms with Crippen LogP contribution in [0.4, 0.5) is 5.69 Å². The molecule has 4 rings (SSSR count). The number of aliphatic imine (C=N–C) groups is 1. The molecule has 0 radical (unpaired) electrons. The molecule has 1 aromatic carbocycles. The van der Waals surface area contributed by atoms with Crippen LogP contribution in [-0.2, 0) is 9.59 Å². The highest BCUT2D eigenvalue weighted by molar-refractivity contribution is 9.10. The number of carbonyl (C=O) groups is 2. The summed E-state index contributed by atoms with van der Waals surface area (Å²) in [5.74, 6) is -0.00823. The summed E-state index contributed by atoms with van der Waals surface area (Å²) in [6, 6.07) is 9.86. The Morgan fingerprint density at radius 3 is 2.56 bits per heavy atom. The minimum absolute atomic E-state index is 0.124. The van der Waals surface area contributed by atoms with Gasteiger partial charge in [0.1, 0.15) is 10.8 Å². The maximum absolute atomic E-state index is 13.3. The molecule has 1 N–H and O–H groups in total. The van der Waals surface area contributed by atoms with E-state index < -0.39 is 5.41 Å². The number of nitrogens with one attached hydrogen (secondary N) is 1. The number of nitriles is 1. The molecule has 7 heteroatoms. The van der Waals surface area contributed by atoms with Crippen LogP contribution in [0.2, 0.25) is 0 Å². The van der Waals surface area contributed by atoms with Gasteiger partial charge in [0.15, 0.2) is 0 Å². The van der Waals surface area contributed by atoms with Gasteiger partial charge in [-0.3, -0.25) is 9.59 Å². The summed E-state index contributed by atoms with van der Waals surface area (Å²) in [7, 11) is 0. The zero-order chi connectivity index (χ0) is 22.9. The Balaban J connectivity index is 1.61. The topological polar surface area (TPSA) is 82.3 Å². The van der Waals surface area contributed by atoms with E-state index in [1.807, 2.05) is 24.3 Å². The van der Waals surface area contributed by atoms with Crippen molar-refractivity contribution < 1.29 is 9.59 Å². The fourth-order valence-corrected chi connectivity index (χ4v) is 6.72. The van der Waals surface area contributed by atoms with Gasteiger partial charge in [-0.25, -0.2) is 4.99 Å². The minimum atomic E-state index is -0.442. The first-order valence-electron chi connectivity index (χ1n) is 11.2. The molecule has 1 atom stereocenters. The SMILES string of the molecule is CC1(C)CC(=O)C2C(=NC(SCC(=O)Nc3ccc(Br)cc3)=C(C#N)C23CCCCC3)C1. The van der Waals surface area contributed by atoms with E-state index in [0.717, 1.165) is 54.4 Å². The number of allylic oxidation sites excluding steroid dienone is 1. The largest absolute Gasteiger partial charge is 0.325 e. The summed E-state index contributed by atoms with van der Waals surface area (Å²) in [6.45, 7) is 4.22. The molecule has 1 heterocycles. The first-order valence-corrected chi connectivity index (χ1v) is 13.0. The third kappa shape index (κ3) is 4.58. The average molecular weight is 514 g/mol. The highest BCUT2D eigenvalue weighted by atomic mass is 79.9. The van der Waals surface area contributed by atoms with Crippen LogP contribution in [0.5, 0.6) is 0 Å². The molecular formula is C25H28BrN3O2S. The van der Waals surface area contributed by atoms with Gasteiger partial charge in [-0.15, -0.1) is 0 Å². The molecule has 0 bridgehead atoms. The summed E-state index contributed by atoms with van der Waals surface area (Å²) >= 11 is 4.71. The smallest absolute Gasteiger partial charge is 0.234 e. The van der Waals surface area contributed by atoms with Gasteiger partial charge in [-0.2, -0.15) is 5.26 Å². The van der Waals surface area contributed by atoms with Crippen LogP contribution in [0.15, 0.2) is 44.3 Å². The van der Waals surface area contributed by atoms with Crippen LogP contribution in [0.3, 0.4) is 0 Å². The number of rotatable bonds is 4. The number of carbonyl (C=O) groups excluding carboxylic acids is 2. The molecule has 168 valence electrons. The normalized spacial score (nSPS) is 23.9. The quantitative estimate of drug-likeness (QED) is 0.514. The molecule has 3 aliphatic rings. The van der Waals surface area contributed by atoms with Gasteiger partial charge in [-0.1, -0.05) is 60.8 Å². The van der Waals surface area contributed by atoms with Gasteiger partial charge in [0, 0.05) is 27.7 Å². The Morgan fingerprint density at radius 1 is 1.22 bits per heavy atom. The lowest BCUT2D eigenvalue weighted by atomic mass is 9.54. The fourth-order valence-electron chi connectivity index (χ4n) is 5.54. The van der Waals surface area contributed by atoms with Crippen molar-refractivity contribution in [2.24, 2.45) is 21.7 Å². The Labute approximate surface area is 202 Å². The summed E-state index contributed by atoms with van der Waals surface area (Å²) in [5, 5.41) is 13.7. The van der Waals surface area contributed by atoms with E-state index in [-0.39, 0.29) is 28.8 Å². The van der Waals surface area contributed by atoms with E-state index in [9.17, 15) is 14.9 Å². The zero-order valence-electron chi connectivity index (χ0n) is 18.5. The van der Waals surface area contributed by atoms with Gasteiger partial charge in [0.05, 0.1) is 23.3 Å². The molecule has 2 fully saturated rings. The first-order chi connectivity index (χ1) is 15.2. The van der Waals surface area contributed by atoms with Gasteiger partial charge in [0.2, 0.25) is 5.91 Å². The molecule has 0 saturated heterocycles. The molecule has 0 aromatic heterocycles. The van der Waals surface area contributed by atoms with Crippen molar-refractivity contribution in [3.05, 3.63) is 39.3 Å². The lowest BCUT2D eigenvalue weighted by Gasteiger charge is -2.49. The van der Waals surface area contributed by atoms with Gasteiger partial charge in [0.25, 0.3) is 0 Å². The van der Waals surface area contributed by atoms with E-state index in [1.54, 1.807) is 0 Å². The third-order valence-corrected chi connectivity index (χ3v) is 8.31. The molecule has 2 aliphatic carbocycles. The molecule has 5 nitrogen and oxygen atoms in total. The molecule has 2 saturated carbocycles. The number of nitrogens with zero attached hydrogens (tertiary/aromatic N) is 2. The van der Waals surface area contributed by atoms with Crippen molar-refractivity contribution in [2.45, 2.75) is 58.8 Å². The number of anilines is 1. The summed E-state index contributed by atoms with van der Waals surface area (Å²) in [4.78, 5) is 30.8. The molecule has 1 aliphatic heterocycles. The average Bonchev–Trinajstić information content (AvgIpc) is 2.73. The van der Waals surface area contributed by atoms with Crippen LogP contribution < -0.4 is 5.32 Å². The molecule has 32 heavy (non-hydrogen) atoms. The fraction of sp³-hybridized carbons (Fsp3) is 0.520. The summed E-state index contributed by atoms with van der Waals surface area (Å²) in [5.41, 5.74) is 1.71. The number of thioether (sulfide) groups is 1. The minimum Gasteiger partial charge on any atom is -0.325 e. The number of benzene rings is 1. The molecule has 1 spiro atoms. The number of halogens is 1. The number of Topliss-reactive ketones (excluding diaryl/α,β-unsaturated/α-hetero) is 1. The number of fused-ring (bicyclic) bond motifs is 2. The monoisotopic (exact) mass is 513 g/mol. The summed E-state index contributed by atoms with van der Waals surface area (Å²) < 4.78 is 0.948. The van der Waals surface area contributed by atoms with Crippen molar-refractivity contribution >= 4 is 50.8 Å². The van der Waals surface area contributed by atoms with Crippen molar-refractivity contribution in [2.75, 3.05) is 11.1 Å². The van der Waals surface area contributed by atoms with Gasteiger partial charge >= 0.3 is 0 Å². The second-order valence-electron chi connectivity index (χ2n) is 9.87. The van der Waals surface area contributed by atoms with Crippen LogP contribution >= 0.6 is 27.7 Å². The summed E-state index contributed by atoms with van der Waals surface area (Å²) in [6.07, 6.45) is 6.18. The molecule has 1 amide bonds. The van der Waals surface area contributed by atoms with Crippen LogP contribution in [0.25, 0.3) is 0 Å². The Hall–Kier alpha value is -1.91. The lowest BCUT2D eigenvalue weighted by molar-refractivity contribution is -0.127. The predicted molar refractivity (Wildman–Crippen MR) is 132 cm³/mol. The van der Waals surface area contributed by atoms with Crippen molar-refractivity contribution in [3.8, 4) is 6.07 Å².